The molecule has 0 saturated heterocycles. The second kappa shape index (κ2) is 11.4. The summed E-state index contributed by atoms with van der Waals surface area (Å²) in [6.07, 6.45) is 16.1. The lowest BCUT2D eigenvalue weighted by molar-refractivity contribution is -0.0620. The van der Waals surface area contributed by atoms with Gasteiger partial charge in [-0.15, -0.1) is 0 Å². The van der Waals surface area contributed by atoms with Crippen molar-refractivity contribution in [1.29, 1.82) is 0 Å². The van der Waals surface area contributed by atoms with Crippen LogP contribution < -0.4 is 0 Å². The van der Waals surface area contributed by atoms with E-state index < -0.39 is 6.16 Å². The minimum atomic E-state index is -0.523. The smallest absolute Gasteiger partial charge is 0.431 e. The summed E-state index contributed by atoms with van der Waals surface area (Å²) in [5.74, 6) is 5.11. The van der Waals surface area contributed by atoms with Crippen LogP contribution >= 0.6 is 0 Å². The van der Waals surface area contributed by atoms with Gasteiger partial charge in [-0.3, -0.25) is 0 Å². The van der Waals surface area contributed by atoms with Gasteiger partial charge in [0.05, 0.1) is 0 Å². The van der Waals surface area contributed by atoms with Gasteiger partial charge in [0.1, 0.15) is 12.7 Å². The SMILES string of the molecule is CC(C)CCCC(C)C1CCC2C3CC=C4C[C@@H](OC(=O)OCc5ccccc5)CC[C@]4(C)C3CC[C@]12C. The van der Waals surface area contributed by atoms with Crippen molar-refractivity contribution in [3.63, 3.8) is 0 Å². The van der Waals surface area contributed by atoms with Gasteiger partial charge in [0.25, 0.3) is 0 Å². The molecule has 0 bridgehead atoms. The van der Waals surface area contributed by atoms with Gasteiger partial charge in [-0.2, -0.15) is 0 Å². The molecule has 0 amide bonds. The summed E-state index contributed by atoms with van der Waals surface area (Å²) in [5.41, 5.74) is 3.36. The van der Waals surface area contributed by atoms with Crippen molar-refractivity contribution in [1.82, 2.24) is 0 Å². The molecule has 8 atom stereocenters. The number of rotatable bonds is 8. The summed E-state index contributed by atoms with van der Waals surface area (Å²) in [5, 5.41) is 0. The molecule has 3 saturated carbocycles. The van der Waals surface area contributed by atoms with Crippen molar-refractivity contribution in [2.75, 3.05) is 0 Å². The van der Waals surface area contributed by atoms with Crippen molar-refractivity contribution in [2.24, 2.45) is 46.3 Å². The summed E-state index contributed by atoms with van der Waals surface area (Å²) >= 11 is 0. The Bertz CT molecular complexity index is 982. The van der Waals surface area contributed by atoms with Crippen LogP contribution in [0.3, 0.4) is 0 Å². The van der Waals surface area contributed by atoms with E-state index in [0.717, 1.165) is 60.3 Å². The van der Waals surface area contributed by atoms with Crippen LogP contribution in [-0.4, -0.2) is 12.3 Å². The molecule has 4 aliphatic carbocycles. The Morgan fingerprint density at radius 3 is 2.53 bits per heavy atom. The van der Waals surface area contributed by atoms with E-state index in [9.17, 15) is 4.79 Å². The molecule has 5 unspecified atom stereocenters. The number of carbonyl (C=O) groups is 1. The first-order chi connectivity index (χ1) is 18.2. The zero-order chi connectivity index (χ0) is 26.9. The van der Waals surface area contributed by atoms with Crippen LogP contribution in [0.25, 0.3) is 0 Å². The van der Waals surface area contributed by atoms with Crippen LogP contribution in [0.1, 0.15) is 111 Å². The second-order valence-electron chi connectivity index (χ2n) is 14.3. The summed E-state index contributed by atoms with van der Waals surface area (Å²) in [4.78, 5) is 12.4. The van der Waals surface area contributed by atoms with E-state index in [-0.39, 0.29) is 18.1 Å². The lowest BCUT2D eigenvalue weighted by Crippen LogP contribution is -2.51. The molecule has 0 radical (unpaired) electrons. The summed E-state index contributed by atoms with van der Waals surface area (Å²) < 4.78 is 11.2. The van der Waals surface area contributed by atoms with Crippen LogP contribution in [0, 0.1) is 46.3 Å². The molecule has 0 heterocycles. The number of ether oxygens (including phenoxy) is 2. The molecule has 3 nitrogen and oxygen atoms in total. The van der Waals surface area contributed by atoms with Gasteiger partial charge in [0.15, 0.2) is 0 Å². The number of fused-ring (bicyclic) bond motifs is 5. The predicted molar refractivity (Wildman–Crippen MR) is 155 cm³/mol. The zero-order valence-electron chi connectivity index (χ0n) is 24.7. The maximum Gasteiger partial charge on any atom is 0.508 e. The number of hydrogen-bond donors (Lipinski definition) is 0. The van der Waals surface area contributed by atoms with Crippen molar-refractivity contribution in [3.05, 3.63) is 47.5 Å². The van der Waals surface area contributed by atoms with Crippen LogP contribution in [0.5, 0.6) is 0 Å². The Morgan fingerprint density at radius 1 is 0.974 bits per heavy atom. The van der Waals surface area contributed by atoms with Gasteiger partial charge in [-0.05, 0) is 96.8 Å². The molecule has 0 spiro atoms. The molecule has 0 aliphatic heterocycles. The Balaban J connectivity index is 1.19. The van der Waals surface area contributed by atoms with E-state index in [1.807, 2.05) is 30.3 Å². The van der Waals surface area contributed by atoms with Crippen molar-refractivity contribution in [2.45, 2.75) is 118 Å². The van der Waals surface area contributed by atoms with E-state index >= 15 is 0 Å². The van der Waals surface area contributed by atoms with Gasteiger partial charge in [-0.1, -0.05) is 95.9 Å². The Morgan fingerprint density at radius 2 is 1.76 bits per heavy atom. The van der Waals surface area contributed by atoms with Crippen LogP contribution in [0.2, 0.25) is 0 Å². The normalized spacial score (nSPS) is 37.0. The number of benzene rings is 1. The molecule has 210 valence electrons. The van der Waals surface area contributed by atoms with Crippen molar-refractivity contribution >= 4 is 6.16 Å². The maximum atomic E-state index is 12.4. The average Bonchev–Trinajstić information content (AvgIpc) is 3.25. The Hall–Kier alpha value is -1.77. The highest BCUT2D eigenvalue weighted by Gasteiger charge is 2.59. The average molecular weight is 521 g/mol. The first-order valence-electron chi connectivity index (χ1n) is 15.8. The van der Waals surface area contributed by atoms with Gasteiger partial charge in [0.2, 0.25) is 0 Å². The topological polar surface area (TPSA) is 35.5 Å². The Kier molecular flexibility index (Phi) is 8.32. The molecule has 4 aliphatic rings. The lowest BCUT2D eigenvalue weighted by Gasteiger charge is -2.58. The molecule has 1 aromatic carbocycles. The fourth-order valence-corrected chi connectivity index (χ4v) is 9.64. The molecule has 5 rings (SSSR count). The third kappa shape index (κ3) is 5.46. The van der Waals surface area contributed by atoms with E-state index in [1.165, 1.54) is 51.4 Å². The fraction of sp³-hybridized carbons (Fsp3) is 0.743. The molecular formula is C35H52O3. The van der Waals surface area contributed by atoms with Crippen LogP contribution in [0.4, 0.5) is 4.79 Å². The quantitative estimate of drug-likeness (QED) is 0.253. The van der Waals surface area contributed by atoms with E-state index in [4.69, 9.17) is 9.47 Å². The highest BCUT2D eigenvalue weighted by Crippen LogP contribution is 2.67. The van der Waals surface area contributed by atoms with Gasteiger partial charge in [0, 0.05) is 6.42 Å². The van der Waals surface area contributed by atoms with E-state index in [0.29, 0.717) is 5.41 Å². The maximum absolute atomic E-state index is 12.4. The van der Waals surface area contributed by atoms with E-state index in [1.54, 1.807) is 5.57 Å². The standard InChI is InChI=1S/C35H52O3/c1-24(2)10-9-11-25(3)30-16-17-31-29-15-14-27-22-28(38-33(36)37-23-26-12-7-6-8-13-26)18-20-34(27,4)32(29)19-21-35(30,31)5/h6-8,12-14,24-25,28-32H,9-11,15-23H2,1-5H3/t25?,28-,29?,30?,31?,32?,34-,35+/m0/s1. The molecule has 0 N–H and O–H groups in total. The summed E-state index contributed by atoms with van der Waals surface area (Å²) in [6.45, 7) is 12.8. The first-order valence-corrected chi connectivity index (χ1v) is 15.8. The minimum absolute atomic E-state index is 0.0504. The van der Waals surface area contributed by atoms with Gasteiger partial charge in [-0.25, -0.2) is 4.79 Å². The summed E-state index contributed by atoms with van der Waals surface area (Å²) in [6, 6.07) is 9.83. The predicted octanol–water partition coefficient (Wildman–Crippen LogP) is 9.75. The zero-order valence-corrected chi connectivity index (χ0v) is 24.7. The molecule has 1 aromatic rings. The molecule has 0 aromatic heterocycles. The fourth-order valence-electron chi connectivity index (χ4n) is 9.64. The van der Waals surface area contributed by atoms with E-state index in [2.05, 4.69) is 40.7 Å². The number of carbonyl (C=O) groups excluding carboxylic acids is 1. The van der Waals surface area contributed by atoms with Crippen LogP contribution in [-0.2, 0) is 16.1 Å². The lowest BCUT2D eigenvalue weighted by atomic mass is 9.47. The van der Waals surface area contributed by atoms with Gasteiger partial charge < -0.3 is 9.47 Å². The van der Waals surface area contributed by atoms with Crippen LogP contribution in [0.15, 0.2) is 42.0 Å². The second-order valence-corrected chi connectivity index (χ2v) is 14.3. The van der Waals surface area contributed by atoms with Gasteiger partial charge >= 0.3 is 6.16 Å². The summed E-state index contributed by atoms with van der Waals surface area (Å²) in [7, 11) is 0. The largest absolute Gasteiger partial charge is 0.508 e. The highest BCUT2D eigenvalue weighted by atomic mass is 16.7. The third-order valence-electron chi connectivity index (χ3n) is 11.7. The first kappa shape index (κ1) is 27.8. The number of hydrogen-bond acceptors (Lipinski definition) is 3. The number of allylic oxidation sites excluding steroid dienone is 1. The highest BCUT2D eigenvalue weighted by molar-refractivity contribution is 5.60. The third-order valence-corrected chi connectivity index (χ3v) is 11.7. The monoisotopic (exact) mass is 520 g/mol. The molecule has 3 fully saturated rings. The molecular weight excluding hydrogens is 468 g/mol. The van der Waals surface area contributed by atoms with Crippen molar-refractivity contribution < 1.29 is 14.3 Å². The minimum Gasteiger partial charge on any atom is -0.431 e. The van der Waals surface area contributed by atoms with Crippen molar-refractivity contribution in [3.8, 4) is 0 Å². The molecule has 3 heteroatoms. The molecule has 38 heavy (non-hydrogen) atoms. The Labute approximate surface area is 232 Å².